The highest BCUT2D eigenvalue weighted by Gasteiger charge is 2.07. The molecule has 86 valence electrons. The maximum Gasteiger partial charge on any atom is 0.0950 e. The minimum Gasteiger partial charge on any atom is -0.380 e. The van der Waals surface area contributed by atoms with Crippen molar-refractivity contribution in [2.45, 2.75) is 25.8 Å². The lowest BCUT2D eigenvalue weighted by Crippen LogP contribution is -2.18. The van der Waals surface area contributed by atoms with E-state index in [0.29, 0.717) is 6.42 Å². The SMILES string of the molecule is C#CCC(CC)Nc1cnnc2ccccc12. The summed E-state index contributed by atoms with van der Waals surface area (Å²) in [5.74, 6) is 2.69. The minimum absolute atomic E-state index is 0.285. The van der Waals surface area contributed by atoms with Crippen LogP contribution >= 0.6 is 0 Å². The molecule has 1 aromatic carbocycles. The van der Waals surface area contributed by atoms with Crippen molar-refractivity contribution < 1.29 is 0 Å². The molecule has 17 heavy (non-hydrogen) atoms. The lowest BCUT2D eigenvalue weighted by atomic mass is 10.1. The summed E-state index contributed by atoms with van der Waals surface area (Å²) in [5.41, 5.74) is 1.89. The van der Waals surface area contributed by atoms with Crippen molar-refractivity contribution in [3.63, 3.8) is 0 Å². The van der Waals surface area contributed by atoms with Gasteiger partial charge in [0.1, 0.15) is 0 Å². The first-order valence-corrected chi connectivity index (χ1v) is 5.75. The van der Waals surface area contributed by atoms with E-state index in [4.69, 9.17) is 6.42 Å². The number of benzene rings is 1. The third-order valence-electron chi connectivity index (χ3n) is 2.76. The molecule has 0 aliphatic carbocycles. The van der Waals surface area contributed by atoms with Crippen LogP contribution < -0.4 is 5.32 Å². The highest BCUT2D eigenvalue weighted by molar-refractivity contribution is 5.90. The smallest absolute Gasteiger partial charge is 0.0950 e. The van der Waals surface area contributed by atoms with Crippen molar-refractivity contribution in [1.29, 1.82) is 0 Å². The Balaban J connectivity index is 2.32. The minimum atomic E-state index is 0.285. The molecule has 0 fully saturated rings. The van der Waals surface area contributed by atoms with Crippen LogP contribution in [0.2, 0.25) is 0 Å². The zero-order chi connectivity index (χ0) is 12.1. The molecule has 0 saturated carbocycles. The van der Waals surface area contributed by atoms with Crippen LogP contribution in [0.25, 0.3) is 10.9 Å². The molecule has 0 amide bonds. The third-order valence-corrected chi connectivity index (χ3v) is 2.76. The number of hydrogen-bond donors (Lipinski definition) is 1. The molecule has 0 aliphatic rings. The van der Waals surface area contributed by atoms with Gasteiger partial charge >= 0.3 is 0 Å². The molecule has 0 spiro atoms. The Morgan fingerprint density at radius 1 is 1.41 bits per heavy atom. The monoisotopic (exact) mass is 225 g/mol. The number of nitrogens with one attached hydrogen (secondary N) is 1. The van der Waals surface area contributed by atoms with Crippen LogP contribution in [0.5, 0.6) is 0 Å². The van der Waals surface area contributed by atoms with Gasteiger partial charge in [-0.25, -0.2) is 0 Å². The molecule has 1 aromatic heterocycles. The molecule has 2 aromatic rings. The van der Waals surface area contributed by atoms with Crippen LogP contribution in [0, 0.1) is 12.3 Å². The van der Waals surface area contributed by atoms with Crippen LogP contribution in [0.1, 0.15) is 19.8 Å². The van der Waals surface area contributed by atoms with Crippen molar-refractivity contribution in [2.24, 2.45) is 0 Å². The average Bonchev–Trinajstić information content (AvgIpc) is 2.38. The number of fused-ring (bicyclic) bond motifs is 1. The van der Waals surface area contributed by atoms with E-state index >= 15 is 0 Å². The lowest BCUT2D eigenvalue weighted by molar-refractivity contribution is 0.715. The first-order valence-electron chi connectivity index (χ1n) is 5.75. The quantitative estimate of drug-likeness (QED) is 0.813. The summed E-state index contributed by atoms with van der Waals surface area (Å²) >= 11 is 0. The van der Waals surface area contributed by atoms with E-state index in [2.05, 4.69) is 28.4 Å². The summed E-state index contributed by atoms with van der Waals surface area (Å²) in [6.07, 6.45) is 8.81. The Hall–Kier alpha value is -2.08. The summed E-state index contributed by atoms with van der Waals surface area (Å²) in [6.45, 7) is 2.12. The molecule has 3 heteroatoms. The molecule has 0 radical (unpaired) electrons. The highest BCUT2D eigenvalue weighted by atomic mass is 15.1. The van der Waals surface area contributed by atoms with Crippen LogP contribution in [0.4, 0.5) is 5.69 Å². The summed E-state index contributed by atoms with van der Waals surface area (Å²) in [4.78, 5) is 0. The van der Waals surface area contributed by atoms with Gasteiger partial charge in [-0.1, -0.05) is 25.1 Å². The Morgan fingerprint density at radius 3 is 3.00 bits per heavy atom. The number of nitrogens with zero attached hydrogens (tertiary/aromatic N) is 2. The van der Waals surface area contributed by atoms with E-state index in [9.17, 15) is 0 Å². The Kier molecular flexibility index (Phi) is 3.56. The molecular weight excluding hydrogens is 210 g/mol. The third kappa shape index (κ3) is 2.54. The molecule has 0 saturated heterocycles. The van der Waals surface area contributed by atoms with Gasteiger partial charge in [-0.3, -0.25) is 0 Å². The van der Waals surface area contributed by atoms with Crippen molar-refractivity contribution in [3.05, 3.63) is 30.5 Å². The van der Waals surface area contributed by atoms with E-state index < -0.39 is 0 Å². The van der Waals surface area contributed by atoms with E-state index in [0.717, 1.165) is 23.0 Å². The van der Waals surface area contributed by atoms with Gasteiger partial charge in [-0.15, -0.1) is 12.3 Å². The van der Waals surface area contributed by atoms with Crippen molar-refractivity contribution in [2.75, 3.05) is 5.32 Å². The second-order valence-corrected chi connectivity index (χ2v) is 3.93. The topological polar surface area (TPSA) is 37.8 Å². The molecule has 1 N–H and O–H groups in total. The fraction of sp³-hybridized carbons (Fsp3) is 0.286. The average molecular weight is 225 g/mol. The van der Waals surface area contributed by atoms with Crippen LogP contribution in [-0.2, 0) is 0 Å². The molecule has 1 atom stereocenters. The molecule has 3 nitrogen and oxygen atoms in total. The predicted octanol–water partition coefficient (Wildman–Crippen LogP) is 2.84. The Labute approximate surface area is 101 Å². The van der Waals surface area contributed by atoms with Gasteiger partial charge in [0.2, 0.25) is 0 Å². The number of hydrogen-bond acceptors (Lipinski definition) is 3. The van der Waals surface area contributed by atoms with E-state index in [1.54, 1.807) is 6.20 Å². The summed E-state index contributed by atoms with van der Waals surface area (Å²) in [6, 6.07) is 8.23. The van der Waals surface area contributed by atoms with Crippen LogP contribution in [-0.4, -0.2) is 16.2 Å². The van der Waals surface area contributed by atoms with Crippen molar-refractivity contribution in [3.8, 4) is 12.3 Å². The van der Waals surface area contributed by atoms with Gasteiger partial charge in [0.25, 0.3) is 0 Å². The maximum atomic E-state index is 5.35. The Morgan fingerprint density at radius 2 is 2.24 bits per heavy atom. The first kappa shape index (κ1) is 11.4. The number of anilines is 1. The van der Waals surface area contributed by atoms with E-state index in [1.165, 1.54) is 0 Å². The first-order chi connectivity index (χ1) is 8.35. The van der Waals surface area contributed by atoms with E-state index in [-0.39, 0.29) is 6.04 Å². The van der Waals surface area contributed by atoms with Gasteiger partial charge in [0.15, 0.2) is 0 Å². The predicted molar refractivity (Wildman–Crippen MR) is 70.7 cm³/mol. The van der Waals surface area contributed by atoms with Gasteiger partial charge in [0.05, 0.1) is 17.4 Å². The largest absolute Gasteiger partial charge is 0.380 e. The van der Waals surface area contributed by atoms with Gasteiger partial charge in [0, 0.05) is 17.8 Å². The van der Waals surface area contributed by atoms with Crippen LogP contribution in [0.3, 0.4) is 0 Å². The van der Waals surface area contributed by atoms with Crippen LogP contribution in [0.15, 0.2) is 30.5 Å². The normalized spacial score (nSPS) is 12.0. The van der Waals surface area contributed by atoms with Crippen molar-refractivity contribution >= 4 is 16.6 Å². The van der Waals surface area contributed by atoms with Gasteiger partial charge < -0.3 is 5.32 Å². The Bertz CT molecular complexity index is 537. The molecule has 1 heterocycles. The number of rotatable bonds is 4. The zero-order valence-electron chi connectivity index (χ0n) is 9.85. The van der Waals surface area contributed by atoms with Crippen molar-refractivity contribution in [1.82, 2.24) is 10.2 Å². The fourth-order valence-electron chi connectivity index (χ4n) is 1.78. The second-order valence-electron chi connectivity index (χ2n) is 3.93. The summed E-state index contributed by atoms with van der Waals surface area (Å²) < 4.78 is 0. The van der Waals surface area contributed by atoms with E-state index in [1.807, 2.05) is 24.3 Å². The zero-order valence-corrected chi connectivity index (χ0v) is 9.85. The maximum absolute atomic E-state index is 5.35. The number of aromatic nitrogens is 2. The molecule has 1 unspecified atom stereocenters. The second kappa shape index (κ2) is 5.31. The fourth-order valence-corrected chi connectivity index (χ4v) is 1.78. The summed E-state index contributed by atoms with van der Waals surface area (Å²) in [5, 5.41) is 12.6. The molecule has 2 rings (SSSR count). The number of terminal acetylenes is 1. The lowest BCUT2D eigenvalue weighted by Gasteiger charge is -2.16. The van der Waals surface area contributed by atoms with Gasteiger partial charge in [-0.05, 0) is 12.5 Å². The molecule has 0 aliphatic heterocycles. The standard InChI is InChI=1S/C14H15N3/c1-3-7-11(4-2)16-14-10-15-17-13-9-6-5-8-12(13)14/h1,5-6,8-11H,4,7H2,2H3,(H,16,17). The summed E-state index contributed by atoms with van der Waals surface area (Å²) in [7, 11) is 0. The van der Waals surface area contributed by atoms with Gasteiger partial charge in [-0.2, -0.15) is 10.2 Å². The molecule has 0 bridgehead atoms. The highest BCUT2D eigenvalue weighted by Crippen LogP contribution is 2.21. The molecular formula is C14H15N3.